The van der Waals surface area contributed by atoms with Crippen LogP contribution in [0, 0.1) is 0 Å². The normalized spacial score (nSPS) is 29.6. The summed E-state index contributed by atoms with van der Waals surface area (Å²) in [5.41, 5.74) is -0.166. The fourth-order valence-electron chi connectivity index (χ4n) is 1.41. The third kappa shape index (κ3) is 1.44. The van der Waals surface area contributed by atoms with Gasteiger partial charge in [0.2, 0.25) is 0 Å². The average molecular weight is 212 g/mol. The number of carboxylic acid groups (broad SMARTS) is 1. The Bertz CT molecular complexity index is 354. The van der Waals surface area contributed by atoms with Gasteiger partial charge in [0.15, 0.2) is 5.54 Å². The Morgan fingerprint density at radius 1 is 1.50 bits per heavy atom. The summed E-state index contributed by atoms with van der Waals surface area (Å²) in [5.74, 6) is -0.888. The number of hydrogen-bond acceptors (Lipinski definition) is 2. The molecule has 0 saturated heterocycles. The highest BCUT2D eigenvalue weighted by atomic mass is 35.5. The first-order valence-corrected chi connectivity index (χ1v) is 4.79. The number of para-hydroxylation sites is 1. The molecule has 14 heavy (non-hydrogen) atoms. The second-order valence-corrected chi connectivity index (χ2v) is 3.97. The molecule has 0 bridgehead atoms. The van der Waals surface area contributed by atoms with Crippen molar-refractivity contribution in [3.05, 3.63) is 30.3 Å². The van der Waals surface area contributed by atoms with Gasteiger partial charge in [0.05, 0.1) is 5.38 Å². The maximum absolute atomic E-state index is 11.0. The van der Waals surface area contributed by atoms with E-state index in [4.69, 9.17) is 16.7 Å². The smallest absolute Gasteiger partial charge is 0.330 e. The second-order valence-electron chi connectivity index (χ2n) is 3.44. The number of carbonyl (C=O) groups is 1. The number of alkyl halides is 1. The van der Waals surface area contributed by atoms with Crippen molar-refractivity contribution in [1.29, 1.82) is 0 Å². The van der Waals surface area contributed by atoms with Gasteiger partial charge in [0.1, 0.15) is 0 Å². The molecule has 2 N–H and O–H groups in total. The third-order valence-corrected chi connectivity index (χ3v) is 2.93. The quantitative estimate of drug-likeness (QED) is 0.752. The molecule has 4 heteroatoms. The molecule has 74 valence electrons. The van der Waals surface area contributed by atoms with Gasteiger partial charge in [0.25, 0.3) is 0 Å². The molecule has 0 amide bonds. The minimum Gasteiger partial charge on any atom is -0.479 e. The zero-order valence-corrected chi connectivity index (χ0v) is 8.16. The first kappa shape index (κ1) is 9.34. The number of hydrogen-bond donors (Lipinski definition) is 2. The fraction of sp³-hybridized carbons (Fsp3) is 0.300. The Balaban J connectivity index is 2.15. The van der Waals surface area contributed by atoms with E-state index in [1.165, 1.54) is 0 Å². The van der Waals surface area contributed by atoms with E-state index in [1.54, 1.807) is 0 Å². The van der Waals surface area contributed by atoms with Gasteiger partial charge in [-0.1, -0.05) is 18.2 Å². The number of anilines is 1. The molecule has 1 aliphatic carbocycles. The summed E-state index contributed by atoms with van der Waals surface area (Å²) in [6.07, 6.45) is 0.471. The molecule has 1 saturated carbocycles. The molecule has 0 radical (unpaired) electrons. The molecule has 3 nitrogen and oxygen atoms in total. The van der Waals surface area contributed by atoms with Gasteiger partial charge in [-0.2, -0.15) is 0 Å². The Labute approximate surface area is 86.7 Å². The van der Waals surface area contributed by atoms with Crippen LogP contribution in [0.2, 0.25) is 0 Å². The molecule has 2 rings (SSSR count). The Morgan fingerprint density at radius 3 is 2.50 bits per heavy atom. The molecule has 0 aliphatic heterocycles. The minimum atomic E-state index is -0.955. The lowest BCUT2D eigenvalue weighted by Gasteiger charge is -2.14. The highest BCUT2D eigenvalue weighted by Gasteiger charge is 2.60. The summed E-state index contributed by atoms with van der Waals surface area (Å²) in [4.78, 5) is 11.0. The van der Waals surface area contributed by atoms with Crippen molar-refractivity contribution in [1.82, 2.24) is 0 Å². The van der Waals surface area contributed by atoms with E-state index in [0.717, 1.165) is 5.69 Å². The van der Waals surface area contributed by atoms with Gasteiger partial charge in [-0.25, -0.2) is 4.79 Å². The monoisotopic (exact) mass is 211 g/mol. The number of aliphatic carboxylic acids is 1. The van der Waals surface area contributed by atoms with Gasteiger partial charge in [0, 0.05) is 12.1 Å². The highest BCUT2D eigenvalue weighted by Crippen LogP contribution is 2.44. The Hall–Kier alpha value is -1.22. The Kier molecular flexibility index (Phi) is 2.11. The van der Waals surface area contributed by atoms with Crippen molar-refractivity contribution in [2.45, 2.75) is 17.3 Å². The van der Waals surface area contributed by atoms with Crippen LogP contribution in [0.4, 0.5) is 5.69 Å². The van der Waals surface area contributed by atoms with Crippen molar-refractivity contribution in [3.8, 4) is 0 Å². The van der Waals surface area contributed by atoms with Crippen LogP contribution in [0.25, 0.3) is 0 Å². The molecule has 0 spiro atoms. The summed E-state index contributed by atoms with van der Waals surface area (Å²) < 4.78 is 0. The lowest BCUT2D eigenvalue weighted by atomic mass is 10.2. The van der Waals surface area contributed by atoms with Crippen LogP contribution in [0.5, 0.6) is 0 Å². The summed E-state index contributed by atoms with van der Waals surface area (Å²) in [7, 11) is 0. The predicted molar refractivity (Wildman–Crippen MR) is 54.7 cm³/mol. The predicted octanol–water partition coefficient (Wildman–Crippen LogP) is 1.93. The van der Waals surface area contributed by atoms with Crippen LogP contribution >= 0.6 is 11.6 Å². The maximum Gasteiger partial charge on any atom is 0.330 e. The summed E-state index contributed by atoms with van der Waals surface area (Å²) >= 11 is 5.81. The van der Waals surface area contributed by atoms with E-state index in [2.05, 4.69) is 5.32 Å². The van der Waals surface area contributed by atoms with Gasteiger partial charge in [-0.15, -0.1) is 11.6 Å². The standard InChI is InChI=1S/C10H10ClNO2/c11-8-6-10(8,9(13)14)12-7-4-2-1-3-5-7/h1-5,8,12H,6H2,(H,13,14). The zero-order valence-electron chi connectivity index (χ0n) is 7.40. The molecule has 1 aromatic rings. The molecule has 0 heterocycles. The topological polar surface area (TPSA) is 49.3 Å². The number of nitrogens with one attached hydrogen (secondary N) is 1. The third-order valence-electron chi connectivity index (χ3n) is 2.40. The van der Waals surface area contributed by atoms with E-state index in [-0.39, 0.29) is 5.38 Å². The first-order chi connectivity index (χ1) is 6.65. The lowest BCUT2D eigenvalue weighted by Crippen LogP contribution is -2.34. The first-order valence-electron chi connectivity index (χ1n) is 4.36. The van der Waals surface area contributed by atoms with Crippen LogP contribution in [0.3, 0.4) is 0 Å². The number of carboxylic acids is 1. The van der Waals surface area contributed by atoms with Crippen molar-refractivity contribution in [3.63, 3.8) is 0 Å². The average Bonchev–Trinajstić information content (AvgIpc) is 2.80. The Morgan fingerprint density at radius 2 is 2.07 bits per heavy atom. The molecule has 2 unspecified atom stereocenters. The van der Waals surface area contributed by atoms with E-state index in [0.29, 0.717) is 6.42 Å². The van der Waals surface area contributed by atoms with Gasteiger partial charge < -0.3 is 10.4 Å². The summed E-state index contributed by atoms with van der Waals surface area (Å²) in [5, 5.41) is 11.6. The number of benzene rings is 1. The van der Waals surface area contributed by atoms with E-state index in [9.17, 15) is 4.79 Å². The molecule has 0 aromatic heterocycles. The van der Waals surface area contributed by atoms with Crippen LogP contribution in [-0.4, -0.2) is 22.0 Å². The van der Waals surface area contributed by atoms with Crippen LogP contribution in [-0.2, 0) is 4.79 Å². The van der Waals surface area contributed by atoms with Gasteiger partial charge in [-0.3, -0.25) is 0 Å². The molecular weight excluding hydrogens is 202 g/mol. The minimum absolute atomic E-state index is 0.319. The van der Waals surface area contributed by atoms with Crippen molar-refractivity contribution in [2.75, 3.05) is 5.32 Å². The number of rotatable bonds is 3. The van der Waals surface area contributed by atoms with Crippen molar-refractivity contribution >= 4 is 23.3 Å². The fourth-order valence-corrected chi connectivity index (χ4v) is 1.80. The summed E-state index contributed by atoms with van der Waals surface area (Å²) in [6, 6.07) is 9.23. The lowest BCUT2D eigenvalue weighted by molar-refractivity contribution is -0.138. The maximum atomic E-state index is 11.0. The molecule has 1 aliphatic rings. The van der Waals surface area contributed by atoms with Crippen molar-refractivity contribution < 1.29 is 9.90 Å². The number of halogens is 1. The van der Waals surface area contributed by atoms with Gasteiger partial charge in [-0.05, 0) is 12.1 Å². The van der Waals surface area contributed by atoms with Crippen LogP contribution in [0.15, 0.2) is 30.3 Å². The highest BCUT2D eigenvalue weighted by molar-refractivity contribution is 6.27. The van der Waals surface area contributed by atoms with Gasteiger partial charge >= 0.3 is 5.97 Å². The largest absolute Gasteiger partial charge is 0.479 e. The van der Waals surface area contributed by atoms with E-state index in [1.807, 2.05) is 30.3 Å². The molecule has 1 aromatic carbocycles. The van der Waals surface area contributed by atoms with Crippen LogP contribution < -0.4 is 5.32 Å². The van der Waals surface area contributed by atoms with E-state index < -0.39 is 11.5 Å². The second kappa shape index (κ2) is 3.17. The van der Waals surface area contributed by atoms with E-state index >= 15 is 0 Å². The molecule has 1 fully saturated rings. The zero-order chi connectivity index (χ0) is 10.2. The molecule has 2 atom stereocenters. The van der Waals surface area contributed by atoms with Crippen molar-refractivity contribution in [2.24, 2.45) is 0 Å². The summed E-state index contributed by atoms with van der Waals surface area (Å²) in [6.45, 7) is 0. The van der Waals surface area contributed by atoms with Crippen LogP contribution in [0.1, 0.15) is 6.42 Å². The molecular formula is C10H10ClNO2. The SMILES string of the molecule is O=C(O)C1(Nc2ccccc2)CC1Cl.